The first-order valence-electron chi connectivity index (χ1n) is 5.92. The molecule has 0 saturated carbocycles. The number of aromatic nitrogens is 3. The number of thiazole rings is 1. The van der Waals surface area contributed by atoms with Crippen molar-refractivity contribution in [2.45, 2.75) is 6.54 Å². The summed E-state index contributed by atoms with van der Waals surface area (Å²) in [6.45, 7) is 0.259. The van der Waals surface area contributed by atoms with Crippen molar-refractivity contribution in [3.63, 3.8) is 0 Å². The van der Waals surface area contributed by atoms with E-state index >= 15 is 0 Å². The lowest BCUT2D eigenvalue weighted by Gasteiger charge is -1.96. The summed E-state index contributed by atoms with van der Waals surface area (Å²) in [5, 5.41) is 7.02. The Balaban J connectivity index is 2.33. The van der Waals surface area contributed by atoms with Crippen molar-refractivity contribution in [1.29, 1.82) is 5.53 Å². The second-order valence-corrected chi connectivity index (χ2v) is 6.43. The normalized spacial score (nSPS) is 11.5. The van der Waals surface area contributed by atoms with Gasteiger partial charge in [-0.05, 0) is 28.1 Å². The fraction of sp³-hybridized carbons (Fsp3) is 0.0833. The van der Waals surface area contributed by atoms with Crippen molar-refractivity contribution < 1.29 is 0 Å². The van der Waals surface area contributed by atoms with Gasteiger partial charge in [0.15, 0.2) is 5.82 Å². The number of hydrogen-bond acceptors (Lipinski definition) is 7. The molecule has 3 aromatic rings. The third kappa shape index (κ3) is 2.34. The standard InChI is InChI=1S/C12H10BrN7S/c13-11-8(5-17-14)20-9(6-18-15)19-10(12(20)21-11)7-2-1-3-16-4-7/h1-4,6,14H,5,15H2. The van der Waals surface area contributed by atoms with Crippen LogP contribution >= 0.6 is 27.3 Å². The number of hydrazone groups is 1. The van der Waals surface area contributed by atoms with Crippen molar-refractivity contribution in [3.05, 3.63) is 39.8 Å². The van der Waals surface area contributed by atoms with Crippen molar-refractivity contribution in [1.82, 2.24) is 14.4 Å². The van der Waals surface area contributed by atoms with E-state index < -0.39 is 0 Å². The number of imidazole rings is 1. The second kappa shape index (κ2) is 5.70. The van der Waals surface area contributed by atoms with Gasteiger partial charge in [-0.2, -0.15) is 10.2 Å². The lowest BCUT2D eigenvalue weighted by atomic mass is 10.2. The van der Waals surface area contributed by atoms with Crippen LogP contribution in [0.2, 0.25) is 0 Å². The quantitative estimate of drug-likeness (QED) is 0.322. The van der Waals surface area contributed by atoms with Crippen molar-refractivity contribution in [3.8, 4) is 11.3 Å². The number of pyridine rings is 1. The molecule has 0 aliphatic rings. The molecule has 106 valence electrons. The van der Waals surface area contributed by atoms with Gasteiger partial charge in [0, 0.05) is 18.0 Å². The van der Waals surface area contributed by atoms with E-state index in [1.807, 2.05) is 16.5 Å². The minimum absolute atomic E-state index is 0.259. The number of nitrogens with two attached hydrogens (primary N) is 1. The van der Waals surface area contributed by atoms with Gasteiger partial charge in [0.2, 0.25) is 0 Å². The van der Waals surface area contributed by atoms with Gasteiger partial charge in [-0.15, -0.1) is 11.3 Å². The zero-order chi connectivity index (χ0) is 14.8. The van der Waals surface area contributed by atoms with Gasteiger partial charge in [0.25, 0.3) is 0 Å². The molecule has 9 heteroatoms. The molecule has 0 aliphatic heterocycles. The van der Waals surface area contributed by atoms with Crippen LogP contribution in [0.25, 0.3) is 16.1 Å². The van der Waals surface area contributed by atoms with E-state index in [0.717, 1.165) is 25.6 Å². The fourth-order valence-corrected chi connectivity index (χ4v) is 3.82. The predicted molar refractivity (Wildman–Crippen MR) is 84.6 cm³/mol. The largest absolute Gasteiger partial charge is 0.323 e. The SMILES string of the molecule is N=NCc1c(Br)sc2c(-c3cccnc3)nc(C=NN)n12. The smallest absolute Gasteiger partial charge is 0.159 e. The van der Waals surface area contributed by atoms with Crippen LogP contribution in [0, 0.1) is 5.53 Å². The van der Waals surface area contributed by atoms with Crippen LogP contribution in [0.15, 0.2) is 38.5 Å². The maximum Gasteiger partial charge on any atom is 0.159 e. The number of nitrogens with zero attached hydrogens (tertiary/aromatic N) is 5. The molecular weight excluding hydrogens is 354 g/mol. The first-order valence-corrected chi connectivity index (χ1v) is 7.53. The molecule has 0 spiro atoms. The predicted octanol–water partition coefficient (Wildman–Crippen LogP) is 3.04. The van der Waals surface area contributed by atoms with Crippen LogP contribution in [-0.2, 0) is 6.54 Å². The molecule has 3 N–H and O–H groups in total. The van der Waals surface area contributed by atoms with Gasteiger partial charge in [-0.25, -0.2) is 10.5 Å². The molecule has 3 rings (SSSR count). The van der Waals surface area contributed by atoms with Crippen LogP contribution in [0.5, 0.6) is 0 Å². The maximum atomic E-state index is 7.10. The molecule has 0 atom stereocenters. The number of nitrogens with one attached hydrogen (secondary N) is 1. The summed E-state index contributed by atoms with van der Waals surface area (Å²) in [4.78, 5) is 9.63. The van der Waals surface area contributed by atoms with Gasteiger partial charge in [0.1, 0.15) is 17.1 Å². The Hall–Kier alpha value is -2.13. The summed E-state index contributed by atoms with van der Waals surface area (Å²) in [5.41, 5.74) is 9.67. The van der Waals surface area contributed by atoms with Crippen molar-refractivity contribution >= 4 is 38.3 Å². The summed E-state index contributed by atoms with van der Waals surface area (Å²) < 4.78 is 2.82. The average Bonchev–Trinajstić information content (AvgIpc) is 2.99. The van der Waals surface area contributed by atoms with Crippen LogP contribution in [0.4, 0.5) is 0 Å². The summed E-state index contributed by atoms with van der Waals surface area (Å²) in [6.07, 6.45) is 4.96. The highest BCUT2D eigenvalue weighted by molar-refractivity contribution is 9.11. The van der Waals surface area contributed by atoms with Gasteiger partial charge < -0.3 is 5.84 Å². The fourth-order valence-electron chi connectivity index (χ4n) is 2.06. The molecule has 0 saturated heterocycles. The zero-order valence-electron chi connectivity index (χ0n) is 10.7. The topological polar surface area (TPSA) is 105 Å². The molecule has 0 bridgehead atoms. The van der Waals surface area contributed by atoms with E-state index in [2.05, 4.69) is 36.1 Å². The molecule has 0 aromatic carbocycles. The molecule has 21 heavy (non-hydrogen) atoms. The third-order valence-corrected chi connectivity index (χ3v) is 4.83. The molecule has 0 unspecified atom stereocenters. The monoisotopic (exact) mass is 363 g/mol. The molecular formula is C12H10BrN7S. The van der Waals surface area contributed by atoms with Crippen LogP contribution in [-0.4, -0.2) is 20.6 Å². The Bertz CT molecular complexity index is 821. The Labute approximate surface area is 132 Å². The minimum Gasteiger partial charge on any atom is -0.323 e. The Morgan fingerprint density at radius 1 is 1.52 bits per heavy atom. The number of fused-ring (bicyclic) bond motifs is 1. The molecule has 0 radical (unpaired) electrons. The van der Waals surface area contributed by atoms with Gasteiger partial charge in [-0.3, -0.25) is 9.38 Å². The van der Waals surface area contributed by atoms with Crippen molar-refractivity contribution in [2.24, 2.45) is 16.1 Å². The van der Waals surface area contributed by atoms with Gasteiger partial charge >= 0.3 is 0 Å². The zero-order valence-corrected chi connectivity index (χ0v) is 13.1. The van der Waals surface area contributed by atoms with Gasteiger partial charge in [0.05, 0.1) is 15.7 Å². The summed E-state index contributed by atoms with van der Waals surface area (Å²) in [5.74, 6) is 5.87. The van der Waals surface area contributed by atoms with E-state index in [1.54, 1.807) is 12.4 Å². The highest BCUT2D eigenvalue weighted by Gasteiger charge is 2.19. The summed E-state index contributed by atoms with van der Waals surface area (Å²) in [6, 6.07) is 3.81. The van der Waals surface area contributed by atoms with Crippen molar-refractivity contribution in [2.75, 3.05) is 0 Å². The first kappa shape index (κ1) is 13.8. The van der Waals surface area contributed by atoms with E-state index in [-0.39, 0.29) is 6.54 Å². The molecule has 3 heterocycles. The van der Waals surface area contributed by atoms with E-state index in [0.29, 0.717) is 5.82 Å². The average molecular weight is 364 g/mol. The first-order chi connectivity index (χ1) is 10.3. The molecule has 0 amide bonds. The number of halogens is 1. The van der Waals surface area contributed by atoms with Crippen LogP contribution < -0.4 is 5.84 Å². The molecule has 3 aromatic heterocycles. The maximum absolute atomic E-state index is 7.10. The second-order valence-electron chi connectivity index (χ2n) is 4.12. The number of rotatable bonds is 4. The lowest BCUT2D eigenvalue weighted by molar-refractivity contribution is 0.854. The third-order valence-electron chi connectivity index (χ3n) is 2.90. The number of hydrogen-bond donors (Lipinski definition) is 2. The molecule has 7 nitrogen and oxygen atoms in total. The molecule has 0 aliphatic carbocycles. The highest BCUT2D eigenvalue weighted by atomic mass is 79.9. The molecule has 0 fully saturated rings. The minimum atomic E-state index is 0.259. The van der Waals surface area contributed by atoms with E-state index in [4.69, 9.17) is 11.4 Å². The van der Waals surface area contributed by atoms with Gasteiger partial charge in [-0.1, -0.05) is 0 Å². The summed E-state index contributed by atoms with van der Waals surface area (Å²) >= 11 is 5.05. The lowest BCUT2D eigenvalue weighted by Crippen LogP contribution is -1.98. The van der Waals surface area contributed by atoms with E-state index in [9.17, 15) is 0 Å². The highest BCUT2D eigenvalue weighted by Crippen LogP contribution is 2.36. The Kier molecular flexibility index (Phi) is 3.76. The van der Waals surface area contributed by atoms with E-state index in [1.165, 1.54) is 17.6 Å². The Morgan fingerprint density at radius 2 is 2.38 bits per heavy atom. The van der Waals surface area contributed by atoms with Crippen LogP contribution in [0.3, 0.4) is 0 Å². The Morgan fingerprint density at radius 3 is 3.05 bits per heavy atom. The van der Waals surface area contributed by atoms with Crippen LogP contribution in [0.1, 0.15) is 11.5 Å². The summed E-state index contributed by atoms with van der Waals surface area (Å²) in [7, 11) is 0.